The van der Waals surface area contributed by atoms with Crippen molar-refractivity contribution in [3.63, 3.8) is 0 Å². The van der Waals surface area contributed by atoms with Gasteiger partial charge in [-0.2, -0.15) is 10.2 Å². The zero-order chi connectivity index (χ0) is 21.9. The topological polar surface area (TPSA) is 123 Å². The number of aromatic hydroxyl groups is 2. The average molecular weight is 410 g/mol. The summed E-state index contributed by atoms with van der Waals surface area (Å²) in [6.07, 6.45) is 1.13. The van der Waals surface area contributed by atoms with Gasteiger partial charge in [0.2, 0.25) is 11.8 Å². The van der Waals surface area contributed by atoms with E-state index in [1.54, 1.807) is 48.5 Å². The van der Waals surface area contributed by atoms with E-state index in [2.05, 4.69) is 21.1 Å². The number of carbonyl (C=O) groups excluding carboxylic acids is 2. The Morgan fingerprint density at radius 1 is 0.700 bits per heavy atom. The minimum absolute atomic E-state index is 0.0297. The van der Waals surface area contributed by atoms with Crippen LogP contribution in [0.3, 0.4) is 0 Å². The first-order valence-corrected chi connectivity index (χ1v) is 9.72. The van der Waals surface area contributed by atoms with Crippen LogP contribution in [-0.4, -0.2) is 33.5 Å². The molecule has 0 saturated carbocycles. The number of phenols is 2. The van der Waals surface area contributed by atoms with Gasteiger partial charge in [0.25, 0.3) is 0 Å². The molecular formula is C22H26N4O4. The van der Waals surface area contributed by atoms with Gasteiger partial charge < -0.3 is 10.2 Å². The van der Waals surface area contributed by atoms with Crippen molar-refractivity contribution in [3.05, 3.63) is 59.7 Å². The smallest absolute Gasteiger partial charge is 0.240 e. The van der Waals surface area contributed by atoms with Crippen LogP contribution in [0.2, 0.25) is 0 Å². The second kappa shape index (κ2) is 11.4. The summed E-state index contributed by atoms with van der Waals surface area (Å²) in [4.78, 5) is 24.0. The van der Waals surface area contributed by atoms with Crippen molar-refractivity contribution >= 4 is 23.2 Å². The first-order valence-electron chi connectivity index (χ1n) is 9.72. The van der Waals surface area contributed by atoms with Crippen LogP contribution in [0.1, 0.15) is 50.7 Å². The van der Waals surface area contributed by atoms with Gasteiger partial charge >= 0.3 is 0 Å². The lowest BCUT2D eigenvalue weighted by Crippen LogP contribution is -2.24. The van der Waals surface area contributed by atoms with Crippen LogP contribution in [0.15, 0.2) is 58.7 Å². The Bertz CT molecular complexity index is 842. The predicted molar refractivity (Wildman–Crippen MR) is 115 cm³/mol. The molecule has 0 aliphatic heterocycles. The van der Waals surface area contributed by atoms with Gasteiger partial charge in [0.15, 0.2) is 0 Å². The molecule has 0 aromatic heterocycles. The average Bonchev–Trinajstić information content (AvgIpc) is 2.75. The number of carbonyl (C=O) groups is 2. The fraction of sp³-hybridized carbons (Fsp3) is 0.273. The molecule has 158 valence electrons. The molecule has 0 atom stereocenters. The van der Waals surface area contributed by atoms with E-state index < -0.39 is 0 Å². The molecular weight excluding hydrogens is 384 g/mol. The second-order valence-corrected chi connectivity index (χ2v) is 6.49. The molecule has 8 nitrogen and oxygen atoms in total. The number of phenolic OH excluding ortho intramolecular Hbond substituents is 2. The van der Waals surface area contributed by atoms with E-state index in [1.165, 1.54) is 0 Å². The van der Waals surface area contributed by atoms with Crippen LogP contribution in [0, 0.1) is 0 Å². The molecule has 4 N–H and O–H groups in total. The molecule has 0 saturated heterocycles. The Morgan fingerprint density at radius 2 is 1.03 bits per heavy atom. The largest absolute Gasteiger partial charge is 0.508 e. The molecule has 30 heavy (non-hydrogen) atoms. The number of hydrazone groups is 2. The molecule has 2 rings (SSSR count). The van der Waals surface area contributed by atoms with Crippen LogP contribution in [0.5, 0.6) is 11.5 Å². The first kappa shape index (κ1) is 22.6. The third-order valence-corrected chi connectivity index (χ3v) is 4.28. The number of nitrogens with one attached hydrogen (secondary N) is 2. The van der Waals surface area contributed by atoms with E-state index in [4.69, 9.17) is 0 Å². The molecule has 0 fully saturated rings. The molecule has 0 unspecified atom stereocenters. The Balaban J connectivity index is 1.85. The summed E-state index contributed by atoms with van der Waals surface area (Å²) in [5.41, 5.74) is 7.83. The highest BCUT2D eigenvalue weighted by molar-refractivity contribution is 6.01. The van der Waals surface area contributed by atoms with E-state index in [1.807, 2.05) is 13.8 Å². The van der Waals surface area contributed by atoms with Crippen LogP contribution < -0.4 is 10.9 Å². The van der Waals surface area contributed by atoms with Gasteiger partial charge in [-0.05, 0) is 72.5 Å². The third-order valence-electron chi connectivity index (χ3n) is 4.28. The Hall–Kier alpha value is -3.68. The summed E-state index contributed by atoms with van der Waals surface area (Å²) in [5, 5.41) is 26.9. The summed E-state index contributed by atoms with van der Waals surface area (Å²) in [7, 11) is 0. The first-order chi connectivity index (χ1) is 14.4. The summed E-state index contributed by atoms with van der Waals surface area (Å²) in [5.74, 6) is -0.451. The SMILES string of the molecule is CC/C(=N/NC(=O)CCC(=O)N/N=C(/CC)c1ccc(O)cc1)c1ccc(O)cc1. The Labute approximate surface area is 175 Å². The molecule has 0 radical (unpaired) electrons. The van der Waals surface area contributed by atoms with E-state index in [0.29, 0.717) is 24.3 Å². The van der Waals surface area contributed by atoms with Crippen molar-refractivity contribution < 1.29 is 19.8 Å². The number of rotatable bonds is 9. The molecule has 2 aromatic carbocycles. The number of nitrogens with zero attached hydrogens (tertiary/aromatic N) is 2. The maximum absolute atomic E-state index is 12.0. The van der Waals surface area contributed by atoms with Gasteiger partial charge in [-0.25, -0.2) is 10.9 Å². The Morgan fingerprint density at radius 3 is 1.33 bits per heavy atom. The van der Waals surface area contributed by atoms with Gasteiger partial charge in [0, 0.05) is 12.8 Å². The maximum Gasteiger partial charge on any atom is 0.240 e. The lowest BCUT2D eigenvalue weighted by molar-refractivity contribution is -0.126. The van der Waals surface area contributed by atoms with Gasteiger partial charge in [-0.3, -0.25) is 9.59 Å². The van der Waals surface area contributed by atoms with Crippen molar-refractivity contribution in [2.45, 2.75) is 39.5 Å². The predicted octanol–water partition coefficient (Wildman–Crippen LogP) is 3.04. The fourth-order valence-corrected chi connectivity index (χ4v) is 2.60. The molecule has 0 bridgehead atoms. The minimum atomic E-state index is -0.381. The second-order valence-electron chi connectivity index (χ2n) is 6.49. The monoisotopic (exact) mass is 410 g/mol. The van der Waals surface area contributed by atoms with Gasteiger partial charge in [-0.15, -0.1) is 0 Å². The number of benzene rings is 2. The highest BCUT2D eigenvalue weighted by Gasteiger charge is 2.08. The van der Waals surface area contributed by atoms with Gasteiger partial charge in [0.1, 0.15) is 11.5 Å². The Kier molecular flexibility index (Phi) is 8.56. The minimum Gasteiger partial charge on any atom is -0.508 e. The van der Waals surface area contributed by atoms with Crippen LogP contribution in [0.4, 0.5) is 0 Å². The fourth-order valence-electron chi connectivity index (χ4n) is 2.60. The van der Waals surface area contributed by atoms with E-state index in [-0.39, 0.29) is 36.2 Å². The van der Waals surface area contributed by atoms with E-state index in [9.17, 15) is 19.8 Å². The lowest BCUT2D eigenvalue weighted by Gasteiger charge is -2.06. The third kappa shape index (κ3) is 7.05. The molecule has 0 aliphatic rings. The molecule has 0 aliphatic carbocycles. The van der Waals surface area contributed by atoms with Crippen LogP contribution in [-0.2, 0) is 9.59 Å². The van der Waals surface area contributed by atoms with Crippen molar-refractivity contribution in [1.82, 2.24) is 10.9 Å². The van der Waals surface area contributed by atoms with Crippen LogP contribution >= 0.6 is 0 Å². The summed E-state index contributed by atoms with van der Waals surface area (Å²) in [6, 6.07) is 13.1. The molecule has 0 heterocycles. The quantitative estimate of drug-likeness (QED) is 0.375. The zero-order valence-electron chi connectivity index (χ0n) is 17.1. The van der Waals surface area contributed by atoms with Crippen molar-refractivity contribution in [2.75, 3.05) is 0 Å². The highest BCUT2D eigenvalue weighted by Crippen LogP contribution is 2.12. The maximum atomic E-state index is 12.0. The standard InChI is InChI=1S/C22H26N4O4/c1-3-19(15-5-9-17(27)10-6-15)23-25-21(29)13-14-22(30)26-24-20(4-2)16-7-11-18(28)12-8-16/h5-12,27-28H,3-4,13-14H2,1-2H3,(H,25,29)(H,26,30)/b23-19-,24-20-. The highest BCUT2D eigenvalue weighted by atomic mass is 16.3. The summed E-state index contributed by atoms with van der Waals surface area (Å²) < 4.78 is 0. The molecule has 0 spiro atoms. The van der Waals surface area contributed by atoms with Crippen molar-refractivity contribution in [1.29, 1.82) is 0 Å². The van der Waals surface area contributed by atoms with Crippen molar-refractivity contribution in [2.24, 2.45) is 10.2 Å². The molecule has 2 aromatic rings. The number of amides is 2. The van der Waals surface area contributed by atoms with Gasteiger partial charge in [0.05, 0.1) is 11.4 Å². The van der Waals surface area contributed by atoms with Crippen LogP contribution in [0.25, 0.3) is 0 Å². The lowest BCUT2D eigenvalue weighted by atomic mass is 10.1. The number of hydrogen-bond donors (Lipinski definition) is 4. The van der Waals surface area contributed by atoms with Gasteiger partial charge in [-0.1, -0.05) is 13.8 Å². The zero-order valence-corrected chi connectivity index (χ0v) is 17.1. The number of hydrogen-bond acceptors (Lipinski definition) is 6. The summed E-state index contributed by atoms with van der Waals surface area (Å²) >= 11 is 0. The summed E-state index contributed by atoms with van der Waals surface area (Å²) in [6.45, 7) is 3.81. The normalized spacial score (nSPS) is 11.8. The molecule has 8 heteroatoms. The van der Waals surface area contributed by atoms with E-state index >= 15 is 0 Å². The van der Waals surface area contributed by atoms with E-state index in [0.717, 1.165) is 11.1 Å². The molecule has 2 amide bonds. The van der Waals surface area contributed by atoms with Crippen molar-refractivity contribution in [3.8, 4) is 11.5 Å².